The minimum Gasteiger partial charge on any atom is -0.346 e. The number of carbonyl (C=O) groups excluding carboxylic acids is 1. The fourth-order valence-corrected chi connectivity index (χ4v) is 2.52. The molecule has 5 nitrogen and oxygen atoms in total. The summed E-state index contributed by atoms with van der Waals surface area (Å²) in [5, 5.41) is 14.6. The summed E-state index contributed by atoms with van der Waals surface area (Å²) in [6, 6.07) is 6.33. The van der Waals surface area contributed by atoms with Crippen LogP contribution in [0, 0.1) is 12.7 Å². The van der Waals surface area contributed by atoms with Gasteiger partial charge in [-0.15, -0.1) is 5.10 Å². The maximum Gasteiger partial charge on any atom is 0.251 e. The van der Waals surface area contributed by atoms with Crippen molar-refractivity contribution in [3.8, 4) is 5.69 Å². The molecule has 1 N–H and O–H groups in total. The van der Waals surface area contributed by atoms with Crippen molar-refractivity contribution < 1.29 is 9.18 Å². The number of aromatic nitrogens is 3. The largest absolute Gasteiger partial charge is 0.346 e. The molecule has 3 aromatic rings. The second-order valence-electron chi connectivity index (χ2n) is 4.78. The molecule has 22 heavy (non-hydrogen) atoms. The molecule has 0 saturated carbocycles. The van der Waals surface area contributed by atoms with E-state index in [4.69, 9.17) is 0 Å². The maximum absolute atomic E-state index is 13.5. The molecule has 0 spiro atoms. The third-order valence-electron chi connectivity index (χ3n) is 3.18. The van der Waals surface area contributed by atoms with Crippen LogP contribution in [0.25, 0.3) is 5.69 Å². The van der Waals surface area contributed by atoms with Gasteiger partial charge >= 0.3 is 0 Å². The lowest BCUT2D eigenvalue weighted by Crippen LogP contribution is -2.23. The number of benzene rings is 1. The van der Waals surface area contributed by atoms with Crippen LogP contribution in [0.2, 0.25) is 0 Å². The molecule has 0 saturated heterocycles. The van der Waals surface area contributed by atoms with Gasteiger partial charge in [0.15, 0.2) is 0 Å². The van der Waals surface area contributed by atoms with Gasteiger partial charge in [-0.05, 0) is 36.1 Å². The van der Waals surface area contributed by atoms with E-state index in [9.17, 15) is 9.18 Å². The predicted octanol–water partition coefficient (Wildman–Crippen LogP) is 2.71. The molecule has 0 aliphatic carbocycles. The highest BCUT2D eigenvalue weighted by molar-refractivity contribution is 7.08. The normalized spacial score (nSPS) is 10.6. The van der Waals surface area contributed by atoms with Gasteiger partial charge < -0.3 is 5.32 Å². The summed E-state index contributed by atoms with van der Waals surface area (Å²) in [6.07, 6.45) is 1.75. The van der Waals surface area contributed by atoms with Crippen LogP contribution in [-0.4, -0.2) is 20.9 Å². The maximum atomic E-state index is 13.5. The van der Waals surface area contributed by atoms with Crippen LogP contribution in [0.15, 0.2) is 41.2 Å². The summed E-state index contributed by atoms with van der Waals surface area (Å²) in [5.74, 6) is -0.736. The molecule has 0 aliphatic rings. The van der Waals surface area contributed by atoms with Gasteiger partial charge in [0.05, 0.1) is 18.4 Å². The van der Waals surface area contributed by atoms with E-state index in [2.05, 4.69) is 15.6 Å². The van der Waals surface area contributed by atoms with E-state index in [1.165, 1.54) is 6.07 Å². The molecule has 2 heterocycles. The van der Waals surface area contributed by atoms with Crippen LogP contribution in [0.1, 0.15) is 21.6 Å². The zero-order valence-corrected chi connectivity index (χ0v) is 12.6. The number of hydrogen-bond donors (Lipinski definition) is 1. The Morgan fingerprint density at radius 1 is 1.41 bits per heavy atom. The molecule has 0 fully saturated rings. The van der Waals surface area contributed by atoms with Gasteiger partial charge in [-0.3, -0.25) is 4.79 Å². The van der Waals surface area contributed by atoms with E-state index in [1.807, 2.05) is 16.8 Å². The van der Waals surface area contributed by atoms with Crippen molar-refractivity contribution in [2.45, 2.75) is 13.5 Å². The SMILES string of the molecule is Cc1ccc(C(=O)NCc2cn(-c3ccsc3)nn2)cc1F. The first kappa shape index (κ1) is 14.4. The molecule has 1 aromatic carbocycles. The van der Waals surface area contributed by atoms with Gasteiger partial charge in [0.1, 0.15) is 11.5 Å². The van der Waals surface area contributed by atoms with Crippen LogP contribution in [-0.2, 0) is 6.54 Å². The molecule has 1 amide bonds. The van der Waals surface area contributed by atoms with Crippen molar-refractivity contribution in [3.63, 3.8) is 0 Å². The molecule has 7 heteroatoms. The quantitative estimate of drug-likeness (QED) is 0.805. The lowest BCUT2D eigenvalue weighted by Gasteiger charge is -2.04. The summed E-state index contributed by atoms with van der Waals surface area (Å²) in [5.41, 5.74) is 2.35. The lowest BCUT2D eigenvalue weighted by molar-refractivity contribution is 0.0950. The lowest BCUT2D eigenvalue weighted by atomic mass is 10.1. The highest BCUT2D eigenvalue weighted by Gasteiger charge is 2.09. The Kier molecular flexibility index (Phi) is 3.97. The fourth-order valence-electron chi connectivity index (χ4n) is 1.90. The second kappa shape index (κ2) is 6.07. The number of nitrogens with one attached hydrogen (secondary N) is 1. The van der Waals surface area contributed by atoms with Gasteiger partial charge in [-0.25, -0.2) is 9.07 Å². The molecular formula is C15H13FN4OS. The van der Waals surface area contributed by atoms with Crippen molar-refractivity contribution in [2.75, 3.05) is 0 Å². The minimum absolute atomic E-state index is 0.235. The Labute approximate surface area is 130 Å². The number of aryl methyl sites for hydroxylation is 1. The standard InChI is InChI=1S/C15H13FN4OS/c1-10-2-3-11(6-14(10)16)15(21)17-7-12-8-20(19-18-12)13-4-5-22-9-13/h2-6,8-9H,7H2,1H3,(H,17,21). The van der Waals surface area contributed by atoms with E-state index in [-0.39, 0.29) is 18.0 Å². The van der Waals surface area contributed by atoms with Crippen LogP contribution in [0.4, 0.5) is 4.39 Å². The smallest absolute Gasteiger partial charge is 0.251 e. The first-order valence-corrected chi connectivity index (χ1v) is 7.56. The van der Waals surface area contributed by atoms with Gasteiger partial charge in [0.25, 0.3) is 5.91 Å². The van der Waals surface area contributed by atoms with E-state index in [1.54, 1.807) is 41.3 Å². The summed E-state index contributed by atoms with van der Waals surface area (Å²) in [7, 11) is 0. The van der Waals surface area contributed by atoms with Crippen molar-refractivity contribution in [1.82, 2.24) is 20.3 Å². The predicted molar refractivity (Wildman–Crippen MR) is 81.5 cm³/mol. The third kappa shape index (κ3) is 3.04. The molecule has 0 atom stereocenters. The van der Waals surface area contributed by atoms with Gasteiger partial charge in [-0.2, -0.15) is 11.3 Å². The first-order chi connectivity index (χ1) is 10.6. The molecule has 3 rings (SSSR count). The summed E-state index contributed by atoms with van der Waals surface area (Å²) in [6.45, 7) is 1.89. The number of rotatable bonds is 4. The fraction of sp³-hybridized carbons (Fsp3) is 0.133. The van der Waals surface area contributed by atoms with Crippen molar-refractivity contribution in [2.24, 2.45) is 0 Å². The van der Waals surface area contributed by atoms with Crippen LogP contribution < -0.4 is 5.32 Å². The van der Waals surface area contributed by atoms with Crippen molar-refractivity contribution >= 4 is 17.2 Å². The molecule has 0 radical (unpaired) electrons. The molecule has 112 valence electrons. The third-order valence-corrected chi connectivity index (χ3v) is 3.85. The summed E-state index contributed by atoms with van der Waals surface area (Å²) >= 11 is 1.57. The van der Waals surface area contributed by atoms with E-state index in [0.717, 1.165) is 5.69 Å². The molecular weight excluding hydrogens is 303 g/mol. The highest BCUT2D eigenvalue weighted by Crippen LogP contribution is 2.11. The first-order valence-electron chi connectivity index (χ1n) is 6.61. The average molecular weight is 316 g/mol. The number of thiophene rings is 1. The van der Waals surface area contributed by atoms with Crippen molar-refractivity contribution in [1.29, 1.82) is 0 Å². The topological polar surface area (TPSA) is 59.8 Å². The monoisotopic (exact) mass is 316 g/mol. The molecule has 0 bridgehead atoms. The zero-order valence-electron chi connectivity index (χ0n) is 11.8. The zero-order chi connectivity index (χ0) is 15.5. The second-order valence-corrected chi connectivity index (χ2v) is 5.56. The Morgan fingerprint density at radius 2 is 2.27 bits per heavy atom. The molecule has 2 aromatic heterocycles. The molecule has 0 unspecified atom stereocenters. The van der Waals surface area contributed by atoms with Crippen molar-refractivity contribution in [3.05, 3.63) is 63.9 Å². The number of nitrogens with zero attached hydrogens (tertiary/aromatic N) is 3. The Hall–Kier alpha value is -2.54. The highest BCUT2D eigenvalue weighted by atomic mass is 32.1. The summed E-state index contributed by atoms with van der Waals surface area (Å²) < 4.78 is 15.1. The van der Waals surface area contributed by atoms with E-state index < -0.39 is 5.82 Å². The summed E-state index contributed by atoms with van der Waals surface area (Å²) in [4.78, 5) is 12.0. The van der Waals surface area contributed by atoms with E-state index in [0.29, 0.717) is 11.3 Å². The van der Waals surface area contributed by atoms with Gasteiger partial charge in [0, 0.05) is 10.9 Å². The van der Waals surface area contributed by atoms with Crippen LogP contribution >= 0.6 is 11.3 Å². The number of hydrogen-bond acceptors (Lipinski definition) is 4. The Bertz CT molecular complexity index is 798. The molecule has 0 aliphatic heterocycles. The number of amides is 1. The number of carbonyl (C=O) groups is 1. The van der Waals surface area contributed by atoms with E-state index >= 15 is 0 Å². The Balaban J connectivity index is 1.65. The minimum atomic E-state index is -0.393. The van der Waals surface area contributed by atoms with Crippen LogP contribution in [0.3, 0.4) is 0 Å². The Morgan fingerprint density at radius 3 is 3.00 bits per heavy atom. The van der Waals surface area contributed by atoms with Crippen LogP contribution in [0.5, 0.6) is 0 Å². The number of halogens is 1. The van der Waals surface area contributed by atoms with Gasteiger partial charge in [0.2, 0.25) is 0 Å². The van der Waals surface area contributed by atoms with Gasteiger partial charge in [-0.1, -0.05) is 11.3 Å². The average Bonchev–Trinajstić information content (AvgIpc) is 3.18.